The zero-order valence-corrected chi connectivity index (χ0v) is 9.77. The summed E-state index contributed by atoms with van der Waals surface area (Å²) in [4.78, 5) is 0. The van der Waals surface area contributed by atoms with E-state index in [4.69, 9.17) is 0 Å². The topological polar surface area (TPSA) is 0 Å². The third kappa shape index (κ3) is 1.55. The minimum Gasteiger partial charge on any atom is -0.0764 e. The molecule has 0 N–H and O–H groups in total. The van der Waals surface area contributed by atoms with E-state index in [-0.39, 0.29) is 0 Å². The van der Waals surface area contributed by atoms with Crippen molar-refractivity contribution < 1.29 is 0 Å². The van der Waals surface area contributed by atoms with Crippen molar-refractivity contribution in [2.45, 2.75) is 13.8 Å². The Balaban J connectivity index is 2.21. The molecule has 16 heavy (non-hydrogen) atoms. The second-order valence-corrected chi connectivity index (χ2v) is 4.89. The van der Waals surface area contributed by atoms with Crippen LogP contribution in [0.2, 0.25) is 0 Å². The van der Waals surface area contributed by atoms with Gasteiger partial charge in [0, 0.05) is 11.8 Å². The number of hydrogen-bond donors (Lipinski definition) is 0. The summed E-state index contributed by atoms with van der Waals surface area (Å²) in [5.74, 6) is 1.11. The maximum atomic E-state index is 2.40. The summed E-state index contributed by atoms with van der Waals surface area (Å²) in [6, 6.07) is 6.71. The number of hydrogen-bond acceptors (Lipinski definition) is 0. The Morgan fingerprint density at radius 2 is 1.69 bits per heavy atom. The fourth-order valence-electron chi connectivity index (χ4n) is 2.59. The van der Waals surface area contributed by atoms with Crippen molar-refractivity contribution in [2.24, 2.45) is 11.8 Å². The fraction of sp³-hybridized carbons (Fsp3) is 0.250. The minimum absolute atomic E-state index is 0.554. The average molecular weight is 208 g/mol. The van der Waals surface area contributed by atoms with Crippen LogP contribution in [0.15, 0.2) is 42.0 Å². The van der Waals surface area contributed by atoms with Crippen molar-refractivity contribution in [3.63, 3.8) is 0 Å². The van der Waals surface area contributed by atoms with Gasteiger partial charge in [0.15, 0.2) is 0 Å². The van der Waals surface area contributed by atoms with Crippen molar-refractivity contribution >= 4 is 12.2 Å². The molecule has 80 valence electrons. The Morgan fingerprint density at radius 1 is 0.875 bits per heavy atom. The van der Waals surface area contributed by atoms with E-state index in [0.29, 0.717) is 11.8 Å². The molecule has 2 unspecified atom stereocenters. The first-order valence-electron chi connectivity index (χ1n) is 5.89. The highest BCUT2D eigenvalue weighted by Gasteiger charge is 2.17. The van der Waals surface area contributed by atoms with Crippen molar-refractivity contribution in [1.29, 1.82) is 0 Å². The number of aryl methyl sites for hydroxylation is 1. The smallest absolute Gasteiger partial charge is 0.00595 e. The minimum atomic E-state index is 0.554. The van der Waals surface area contributed by atoms with Crippen LogP contribution < -0.4 is 10.4 Å². The van der Waals surface area contributed by atoms with Gasteiger partial charge in [-0.05, 0) is 24.3 Å². The summed E-state index contributed by atoms with van der Waals surface area (Å²) in [5.41, 5.74) is 2.72. The highest BCUT2D eigenvalue weighted by Crippen LogP contribution is 2.26. The van der Waals surface area contributed by atoms with Crippen LogP contribution in [-0.4, -0.2) is 0 Å². The van der Waals surface area contributed by atoms with Crippen molar-refractivity contribution in [1.82, 2.24) is 0 Å². The fourth-order valence-corrected chi connectivity index (χ4v) is 2.59. The Bertz CT molecular complexity index is 599. The van der Waals surface area contributed by atoms with E-state index in [2.05, 4.69) is 62.4 Å². The molecule has 2 atom stereocenters. The first-order chi connectivity index (χ1) is 7.72. The van der Waals surface area contributed by atoms with E-state index in [1.54, 1.807) is 0 Å². The van der Waals surface area contributed by atoms with Gasteiger partial charge in [-0.2, -0.15) is 0 Å². The molecule has 0 saturated heterocycles. The lowest BCUT2D eigenvalue weighted by Gasteiger charge is -2.23. The highest BCUT2D eigenvalue weighted by atomic mass is 14.2. The standard InChI is InChI=1S/C16H16/c1-11-3-5-13-10-16-8-12(2)4-6-14(16)9-15(13)7-11/h3-10,13,15H,1-2H3. The van der Waals surface area contributed by atoms with Crippen LogP contribution >= 0.6 is 0 Å². The van der Waals surface area contributed by atoms with Gasteiger partial charge in [-0.1, -0.05) is 59.7 Å². The summed E-state index contributed by atoms with van der Waals surface area (Å²) < 4.78 is 0. The Hall–Kier alpha value is -1.56. The first kappa shape index (κ1) is 9.65. The molecule has 0 aliphatic heterocycles. The quantitative estimate of drug-likeness (QED) is 0.614. The van der Waals surface area contributed by atoms with E-state index < -0.39 is 0 Å². The SMILES string of the molecule is CC1=CC2C=c3ccc(C)cc3=CC2C=C1. The van der Waals surface area contributed by atoms with Crippen LogP contribution in [0.1, 0.15) is 12.5 Å². The van der Waals surface area contributed by atoms with Gasteiger partial charge in [0.25, 0.3) is 0 Å². The van der Waals surface area contributed by atoms with Gasteiger partial charge in [0.1, 0.15) is 0 Å². The molecule has 0 heteroatoms. The molecule has 0 fully saturated rings. The van der Waals surface area contributed by atoms with Crippen LogP contribution in [0.5, 0.6) is 0 Å². The Morgan fingerprint density at radius 3 is 2.56 bits per heavy atom. The molecule has 0 nitrogen and oxygen atoms in total. The van der Waals surface area contributed by atoms with Crippen molar-refractivity contribution in [2.75, 3.05) is 0 Å². The zero-order chi connectivity index (χ0) is 11.1. The van der Waals surface area contributed by atoms with Crippen LogP contribution in [0, 0.1) is 18.8 Å². The number of rotatable bonds is 0. The third-order valence-corrected chi connectivity index (χ3v) is 3.47. The largest absolute Gasteiger partial charge is 0.0764 e. The van der Waals surface area contributed by atoms with Gasteiger partial charge in [-0.3, -0.25) is 0 Å². The predicted molar refractivity (Wildman–Crippen MR) is 69.2 cm³/mol. The number of fused-ring (bicyclic) bond motifs is 2. The van der Waals surface area contributed by atoms with Crippen LogP contribution in [-0.2, 0) is 0 Å². The average Bonchev–Trinajstić information content (AvgIpc) is 2.26. The normalized spacial score (nSPS) is 26.0. The molecular weight excluding hydrogens is 192 g/mol. The molecule has 2 aliphatic rings. The molecule has 3 rings (SSSR count). The molecule has 0 spiro atoms. The van der Waals surface area contributed by atoms with Gasteiger partial charge in [-0.25, -0.2) is 0 Å². The van der Waals surface area contributed by atoms with Gasteiger partial charge in [0.2, 0.25) is 0 Å². The highest BCUT2D eigenvalue weighted by molar-refractivity contribution is 5.51. The summed E-state index contributed by atoms with van der Waals surface area (Å²) >= 11 is 0. The molecule has 2 aliphatic carbocycles. The maximum Gasteiger partial charge on any atom is 0.00595 e. The van der Waals surface area contributed by atoms with Crippen LogP contribution in [0.3, 0.4) is 0 Å². The maximum absolute atomic E-state index is 2.40. The van der Waals surface area contributed by atoms with Gasteiger partial charge in [-0.15, -0.1) is 0 Å². The van der Waals surface area contributed by atoms with E-state index in [9.17, 15) is 0 Å². The predicted octanol–water partition coefficient (Wildman–Crippen LogP) is 2.32. The third-order valence-electron chi connectivity index (χ3n) is 3.47. The second-order valence-electron chi connectivity index (χ2n) is 4.89. The zero-order valence-electron chi connectivity index (χ0n) is 9.77. The summed E-state index contributed by atoms with van der Waals surface area (Å²) in [6.07, 6.45) is 11.7. The van der Waals surface area contributed by atoms with Gasteiger partial charge >= 0.3 is 0 Å². The number of benzene rings is 1. The molecule has 0 heterocycles. The molecule has 0 aromatic heterocycles. The molecular formula is C16H16. The monoisotopic (exact) mass is 208 g/mol. The molecule has 0 bridgehead atoms. The molecule has 0 saturated carbocycles. The van der Waals surface area contributed by atoms with E-state index in [0.717, 1.165) is 0 Å². The molecule has 0 amide bonds. The summed E-state index contributed by atoms with van der Waals surface area (Å²) in [5, 5.41) is 2.77. The van der Waals surface area contributed by atoms with E-state index in [1.165, 1.54) is 21.6 Å². The van der Waals surface area contributed by atoms with Crippen LogP contribution in [0.25, 0.3) is 12.2 Å². The Kier molecular flexibility index (Phi) is 2.10. The summed E-state index contributed by atoms with van der Waals surface area (Å²) in [6.45, 7) is 4.33. The van der Waals surface area contributed by atoms with Gasteiger partial charge in [0.05, 0.1) is 0 Å². The molecule has 0 radical (unpaired) electrons. The van der Waals surface area contributed by atoms with Gasteiger partial charge < -0.3 is 0 Å². The lowest BCUT2D eigenvalue weighted by molar-refractivity contribution is 0.716. The van der Waals surface area contributed by atoms with Crippen molar-refractivity contribution in [3.05, 3.63) is 58.0 Å². The molecule has 1 aromatic carbocycles. The van der Waals surface area contributed by atoms with E-state index in [1.807, 2.05) is 0 Å². The summed E-state index contributed by atoms with van der Waals surface area (Å²) in [7, 11) is 0. The number of allylic oxidation sites excluding steroid dienone is 4. The lowest BCUT2D eigenvalue weighted by atomic mass is 9.82. The van der Waals surface area contributed by atoms with E-state index >= 15 is 0 Å². The van der Waals surface area contributed by atoms with Crippen LogP contribution in [0.4, 0.5) is 0 Å². The molecule has 1 aromatic rings. The first-order valence-corrected chi connectivity index (χ1v) is 5.89. The van der Waals surface area contributed by atoms with Crippen molar-refractivity contribution in [3.8, 4) is 0 Å². The second kappa shape index (κ2) is 3.48. The Labute approximate surface area is 96.3 Å². The lowest BCUT2D eigenvalue weighted by Crippen LogP contribution is -2.32.